The van der Waals surface area contributed by atoms with Crippen LogP contribution < -0.4 is 5.32 Å². The molecule has 7 heteroatoms. The summed E-state index contributed by atoms with van der Waals surface area (Å²) in [4.78, 5) is 26.2. The highest BCUT2D eigenvalue weighted by Crippen LogP contribution is 2.25. The molecule has 0 unspecified atom stereocenters. The summed E-state index contributed by atoms with van der Waals surface area (Å²) in [5.74, 6) is -0.789. The molecular weight excluding hydrogens is 352 g/mol. The number of nitrogens with zero attached hydrogens (tertiary/aromatic N) is 1. The molecule has 0 radical (unpaired) electrons. The van der Waals surface area contributed by atoms with Gasteiger partial charge in [-0.15, -0.1) is 0 Å². The zero-order valence-electron chi connectivity index (χ0n) is 14.9. The zero-order valence-corrected chi connectivity index (χ0v) is 15.7. The van der Waals surface area contributed by atoms with Gasteiger partial charge in [-0.2, -0.15) is 0 Å². The van der Waals surface area contributed by atoms with E-state index in [9.17, 15) is 18.0 Å². The minimum atomic E-state index is -3.34. The van der Waals surface area contributed by atoms with Gasteiger partial charge in [0.1, 0.15) is 5.75 Å². The van der Waals surface area contributed by atoms with Gasteiger partial charge in [0, 0.05) is 24.7 Å². The number of nitrogens with one attached hydrogen (secondary N) is 1. The number of benzene rings is 1. The van der Waals surface area contributed by atoms with Crippen molar-refractivity contribution in [3.8, 4) is 0 Å². The molecule has 1 aliphatic heterocycles. The van der Waals surface area contributed by atoms with Crippen LogP contribution in [0.4, 0.5) is 0 Å². The van der Waals surface area contributed by atoms with Gasteiger partial charge in [-0.25, -0.2) is 8.42 Å². The molecule has 0 spiro atoms. The molecule has 1 aliphatic carbocycles. The van der Waals surface area contributed by atoms with E-state index in [1.807, 2.05) is 18.2 Å². The molecule has 1 heterocycles. The average Bonchev–Trinajstić information content (AvgIpc) is 3.18. The molecule has 2 aliphatic rings. The van der Waals surface area contributed by atoms with E-state index < -0.39 is 9.84 Å². The van der Waals surface area contributed by atoms with Gasteiger partial charge in [-0.3, -0.25) is 9.59 Å². The monoisotopic (exact) mass is 378 g/mol. The lowest BCUT2D eigenvalue weighted by molar-refractivity contribution is -0.129. The summed E-state index contributed by atoms with van der Waals surface area (Å²) in [5.41, 5.74) is 0.619. The fourth-order valence-electron chi connectivity index (χ4n) is 3.76. The quantitative estimate of drug-likeness (QED) is 0.846. The van der Waals surface area contributed by atoms with E-state index in [0.29, 0.717) is 44.3 Å². The van der Waals surface area contributed by atoms with Crippen molar-refractivity contribution in [3.05, 3.63) is 35.9 Å². The van der Waals surface area contributed by atoms with E-state index in [-0.39, 0.29) is 28.9 Å². The van der Waals surface area contributed by atoms with Gasteiger partial charge in [0.2, 0.25) is 5.91 Å². The Balaban J connectivity index is 1.47. The number of piperidine rings is 1. The maximum absolute atomic E-state index is 12.4. The highest BCUT2D eigenvalue weighted by Gasteiger charge is 2.33. The van der Waals surface area contributed by atoms with Crippen molar-refractivity contribution in [2.24, 2.45) is 0 Å². The van der Waals surface area contributed by atoms with E-state index in [4.69, 9.17) is 0 Å². The molecule has 1 saturated carbocycles. The van der Waals surface area contributed by atoms with Gasteiger partial charge < -0.3 is 10.2 Å². The molecule has 3 rings (SSSR count). The smallest absolute Gasteiger partial charge is 0.251 e. The van der Waals surface area contributed by atoms with Crippen LogP contribution in [-0.4, -0.2) is 55.3 Å². The number of likely N-dealkylation sites (tertiary alicyclic amines) is 1. The first-order valence-corrected chi connectivity index (χ1v) is 11.0. The van der Waals surface area contributed by atoms with Crippen molar-refractivity contribution in [1.82, 2.24) is 10.2 Å². The molecule has 6 nitrogen and oxygen atoms in total. The standard InChI is InChI=1S/C19H26N2O4S/c22-18(14-26(24,25)17-8-4-5-9-17)21-12-10-16(11-13-21)20-19(23)15-6-2-1-3-7-15/h1-3,6-7,16-17H,4-5,8-14H2,(H,20,23). The Bertz CT molecular complexity index is 734. The molecule has 1 aromatic carbocycles. The van der Waals surface area contributed by atoms with Gasteiger partial charge in [0.15, 0.2) is 9.84 Å². The predicted molar refractivity (Wildman–Crippen MR) is 99.6 cm³/mol. The number of carbonyl (C=O) groups excluding carboxylic acids is 2. The molecule has 0 aromatic heterocycles. The summed E-state index contributed by atoms with van der Waals surface area (Å²) in [7, 11) is -3.34. The van der Waals surface area contributed by atoms with Crippen LogP contribution in [0.15, 0.2) is 30.3 Å². The molecule has 0 bridgehead atoms. The van der Waals surface area contributed by atoms with E-state index in [2.05, 4.69) is 5.32 Å². The Hall–Kier alpha value is -1.89. The second-order valence-electron chi connectivity index (χ2n) is 7.21. The first kappa shape index (κ1) is 18.9. The Kier molecular flexibility index (Phi) is 5.96. The molecular formula is C19H26N2O4S. The summed E-state index contributed by atoms with van der Waals surface area (Å²) in [6, 6.07) is 9.05. The second kappa shape index (κ2) is 8.20. The highest BCUT2D eigenvalue weighted by molar-refractivity contribution is 7.92. The van der Waals surface area contributed by atoms with Crippen LogP contribution in [0.3, 0.4) is 0 Å². The van der Waals surface area contributed by atoms with Crippen LogP contribution in [0.5, 0.6) is 0 Å². The largest absolute Gasteiger partial charge is 0.349 e. The molecule has 2 fully saturated rings. The van der Waals surface area contributed by atoms with Gasteiger partial charge in [0.25, 0.3) is 5.91 Å². The lowest BCUT2D eigenvalue weighted by Gasteiger charge is -2.32. The van der Waals surface area contributed by atoms with Gasteiger partial charge >= 0.3 is 0 Å². The highest BCUT2D eigenvalue weighted by atomic mass is 32.2. The van der Waals surface area contributed by atoms with Crippen molar-refractivity contribution in [2.45, 2.75) is 49.8 Å². The van der Waals surface area contributed by atoms with Crippen LogP contribution >= 0.6 is 0 Å². The minimum absolute atomic E-state index is 0.0122. The molecule has 1 aromatic rings. The summed E-state index contributed by atoms with van der Waals surface area (Å²) >= 11 is 0. The number of hydrogen-bond acceptors (Lipinski definition) is 4. The summed E-state index contributed by atoms with van der Waals surface area (Å²) < 4.78 is 24.7. The SMILES string of the molecule is O=C(NC1CCN(C(=O)CS(=O)(=O)C2CCCC2)CC1)c1ccccc1. The molecule has 26 heavy (non-hydrogen) atoms. The predicted octanol–water partition coefficient (Wildman–Crippen LogP) is 1.76. The van der Waals surface area contributed by atoms with Crippen molar-refractivity contribution < 1.29 is 18.0 Å². The van der Waals surface area contributed by atoms with Crippen LogP contribution in [-0.2, 0) is 14.6 Å². The summed E-state index contributed by atoms with van der Waals surface area (Å²) in [5, 5.41) is 2.65. The van der Waals surface area contributed by atoms with Crippen molar-refractivity contribution in [1.29, 1.82) is 0 Å². The van der Waals surface area contributed by atoms with Crippen LogP contribution in [0.2, 0.25) is 0 Å². The first-order chi connectivity index (χ1) is 12.5. The third-order valence-corrected chi connectivity index (χ3v) is 7.49. The number of amides is 2. The maximum atomic E-state index is 12.4. The Morgan fingerprint density at radius 2 is 1.62 bits per heavy atom. The van der Waals surface area contributed by atoms with E-state index >= 15 is 0 Å². The second-order valence-corrected chi connectivity index (χ2v) is 9.49. The molecule has 2 amide bonds. The fraction of sp³-hybridized carbons (Fsp3) is 0.579. The van der Waals surface area contributed by atoms with Crippen LogP contribution in [0.1, 0.15) is 48.9 Å². The maximum Gasteiger partial charge on any atom is 0.251 e. The lowest BCUT2D eigenvalue weighted by atomic mass is 10.0. The van der Waals surface area contributed by atoms with Crippen molar-refractivity contribution in [2.75, 3.05) is 18.8 Å². The van der Waals surface area contributed by atoms with Gasteiger partial charge in [0.05, 0.1) is 5.25 Å². The van der Waals surface area contributed by atoms with E-state index in [0.717, 1.165) is 12.8 Å². The summed E-state index contributed by atoms with van der Waals surface area (Å²) in [6.07, 6.45) is 4.53. The van der Waals surface area contributed by atoms with Crippen molar-refractivity contribution >= 4 is 21.7 Å². The third kappa shape index (κ3) is 4.63. The minimum Gasteiger partial charge on any atom is -0.349 e. The molecule has 0 atom stereocenters. The Morgan fingerprint density at radius 1 is 1.00 bits per heavy atom. The molecule has 1 N–H and O–H groups in total. The fourth-order valence-corrected chi connectivity index (χ4v) is 5.57. The lowest BCUT2D eigenvalue weighted by Crippen LogP contribution is -2.48. The molecule has 1 saturated heterocycles. The third-order valence-electron chi connectivity index (χ3n) is 5.35. The Morgan fingerprint density at radius 3 is 2.23 bits per heavy atom. The van der Waals surface area contributed by atoms with Gasteiger partial charge in [-0.1, -0.05) is 31.0 Å². The number of sulfone groups is 1. The average molecular weight is 378 g/mol. The number of hydrogen-bond donors (Lipinski definition) is 1. The van der Waals surface area contributed by atoms with Gasteiger partial charge in [-0.05, 0) is 37.8 Å². The normalized spacial score (nSPS) is 19.5. The molecule has 142 valence electrons. The first-order valence-electron chi connectivity index (χ1n) is 9.31. The van der Waals surface area contributed by atoms with Crippen molar-refractivity contribution in [3.63, 3.8) is 0 Å². The van der Waals surface area contributed by atoms with Crippen LogP contribution in [0.25, 0.3) is 0 Å². The topological polar surface area (TPSA) is 83.6 Å². The Labute approximate surface area is 154 Å². The number of rotatable bonds is 5. The zero-order chi connectivity index (χ0) is 18.6. The van der Waals surface area contributed by atoms with E-state index in [1.165, 1.54) is 0 Å². The van der Waals surface area contributed by atoms with E-state index in [1.54, 1.807) is 17.0 Å². The summed E-state index contributed by atoms with van der Waals surface area (Å²) in [6.45, 7) is 0.970. The number of carbonyl (C=O) groups is 2. The van der Waals surface area contributed by atoms with Crippen LogP contribution in [0, 0.1) is 0 Å².